The molecule has 0 bridgehead atoms. The van der Waals surface area contributed by atoms with Crippen LogP contribution in [0.1, 0.15) is 5.56 Å². The van der Waals surface area contributed by atoms with Crippen molar-refractivity contribution in [2.45, 2.75) is 6.18 Å². The van der Waals surface area contributed by atoms with Gasteiger partial charge in [0, 0.05) is 5.56 Å². The normalized spacial score (nSPS) is 11.5. The lowest BCUT2D eigenvalue weighted by atomic mass is 10.0. The van der Waals surface area contributed by atoms with Crippen molar-refractivity contribution in [1.82, 2.24) is 9.97 Å². The van der Waals surface area contributed by atoms with Gasteiger partial charge in [-0.25, -0.2) is 4.98 Å². The largest absolute Gasteiger partial charge is 0.417 e. The predicted molar refractivity (Wildman–Crippen MR) is 60.2 cm³/mol. The molecule has 0 aliphatic carbocycles. The maximum absolute atomic E-state index is 12.8. The number of hydrogen-bond donors (Lipinski definition) is 0. The Bertz CT molecular complexity index is 523. The Labute approximate surface area is 104 Å². The van der Waals surface area contributed by atoms with Crippen molar-refractivity contribution >= 4 is 15.9 Å². The van der Waals surface area contributed by atoms with Crippen LogP contribution in [0.25, 0.3) is 11.3 Å². The van der Waals surface area contributed by atoms with E-state index in [1.54, 1.807) is 0 Å². The molecule has 0 unspecified atom stereocenters. The van der Waals surface area contributed by atoms with Gasteiger partial charge in [-0.3, -0.25) is 4.98 Å². The van der Waals surface area contributed by atoms with Crippen molar-refractivity contribution in [1.29, 1.82) is 0 Å². The molecule has 0 N–H and O–H groups in total. The van der Waals surface area contributed by atoms with Crippen LogP contribution in [-0.4, -0.2) is 9.97 Å². The molecule has 2 aromatic rings. The summed E-state index contributed by atoms with van der Waals surface area (Å²) >= 11 is 3.08. The maximum Gasteiger partial charge on any atom is 0.417 e. The van der Waals surface area contributed by atoms with Crippen molar-refractivity contribution in [3.63, 3.8) is 0 Å². The van der Waals surface area contributed by atoms with Crippen molar-refractivity contribution in [2.24, 2.45) is 0 Å². The minimum atomic E-state index is -4.40. The van der Waals surface area contributed by atoms with Gasteiger partial charge >= 0.3 is 6.18 Å². The summed E-state index contributed by atoms with van der Waals surface area (Å²) in [5.74, 6) is 0. The predicted octanol–water partition coefficient (Wildman–Crippen LogP) is 3.92. The molecule has 0 saturated carbocycles. The van der Waals surface area contributed by atoms with Crippen molar-refractivity contribution < 1.29 is 13.2 Å². The van der Waals surface area contributed by atoms with Gasteiger partial charge in [0.15, 0.2) is 0 Å². The molecular weight excluding hydrogens is 297 g/mol. The van der Waals surface area contributed by atoms with Gasteiger partial charge < -0.3 is 0 Å². The maximum atomic E-state index is 12.8. The van der Waals surface area contributed by atoms with E-state index in [-0.39, 0.29) is 11.3 Å². The van der Waals surface area contributed by atoms with E-state index in [0.717, 1.165) is 6.07 Å². The van der Waals surface area contributed by atoms with E-state index in [9.17, 15) is 13.2 Å². The Balaban J connectivity index is 2.56. The lowest BCUT2D eigenvalue weighted by molar-refractivity contribution is -0.137. The summed E-state index contributed by atoms with van der Waals surface area (Å²) < 4.78 is 38.7. The second-order valence-corrected chi connectivity index (χ2v) is 4.08. The fourth-order valence-electron chi connectivity index (χ4n) is 1.41. The second-order valence-electron chi connectivity index (χ2n) is 3.27. The molecule has 0 saturated heterocycles. The number of rotatable bonds is 1. The first-order valence-corrected chi connectivity index (χ1v) is 5.42. The number of hydrogen-bond acceptors (Lipinski definition) is 2. The molecule has 2 rings (SSSR count). The minimum Gasteiger partial charge on any atom is -0.252 e. The molecule has 88 valence electrons. The average Bonchev–Trinajstić information content (AvgIpc) is 2.29. The summed E-state index contributed by atoms with van der Waals surface area (Å²) in [7, 11) is 0. The molecule has 1 heterocycles. The molecule has 0 amide bonds. The van der Waals surface area contributed by atoms with Gasteiger partial charge in [0.25, 0.3) is 0 Å². The van der Waals surface area contributed by atoms with Crippen LogP contribution in [0.5, 0.6) is 0 Å². The lowest BCUT2D eigenvalue weighted by Gasteiger charge is -2.11. The van der Waals surface area contributed by atoms with Gasteiger partial charge in [-0.05, 0) is 22.0 Å². The van der Waals surface area contributed by atoms with Crippen molar-refractivity contribution in [2.75, 3.05) is 0 Å². The monoisotopic (exact) mass is 302 g/mol. The van der Waals surface area contributed by atoms with Crippen LogP contribution >= 0.6 is 15.9 Å². The van der Waals surface area contributed by atoms with Gasteiger partial charge in [0.2, 0.25) is 0 Å². The first-order chi connectivity index (χ1) is 7.98. The van der Waals surface area contributed by atoms with E-state index in [2.05, 4.69) is 25.9 Å². The number of nitrogens with zero attached hydrogens (tertiary/aromatic N) is 2. The van der Waals surface area contributed by atoms with Crippen LogP contribution in [0.3, 0.4) is 0 Å². The van der Waals surface area contributed by atoms with Crippen LogP contribution in [0.4, 0.5) is 13.2 Å². The van der Waals surface area contributed by atoms with Gasteiger partial charge in [0.1, 0.15) is 4.60 Å². The summed E-state index contributed by atoms with van der Waals surface area (Å²) in [6.45, 7) is 0. The van der Waals surface area contributed by atoms with E-state index >= 15 is 0 Å². The number of benzene rings is 1. The summed E-state index contributed by atoms with van der Waals surface area (Å²) in [5.41, 5.74) is -0.488. The zero-order chi connectivity index (χ0) is 12.5. The fourth-order valence-corrected chi connectivity index (χ4v) is 1.61. The third-order valence-corrected chi connectivity index (χ3v) is 2.54. The van der Waals surface area contributed by atoms with E-state index in [0.29, 0.717) is 4.60 Å². The van der Waals surface area contributed by atoms with Gasteiger partial charge in [-0.2, -0.15) is 13.2 Å². The Morgan fingerprint density at radius 1 is 1.00 bits per heavy atom. The molecular formula is C11H6BrF3N2. The highest BCUT2D eigenvalue weighted by molar-refractivity contribution is 9.10. The van der Waals surface area contributed by atoms with E-state index < -0.39 is 11.7 Å². The molecule has 0 aliphatic heterocycles. The SMILES string of the molecule is FC(F)(F)c1ccccc1-c1cnc(Br)cn1. The molecule has 0 radical (unpaired) electrons. The summed E-state index contributed by atoms with van der Waals surface area (Å²) in [4.78, 5) is 7.78. The Morgan fingerprint density at radius 3 is 2.29 bits per heavy atom. The minimum absolute atomic E-state index is 0.0278. The molecule has 1 aromatic carbocycles. The Kier molecular flexibility index (Phi) is 3.15. The molecule has 0 atom stereocenters. The molecule has 0 fully saturated rings. The third kappa shape index (κ3) is 2.63. The molecule has 1 aromatic heterocycles. The standard InChI is InChI=1S/C11H6BrF3N2/c12-10-6-16-9(5-17-10)7-3-1-2-4-8(7)11(13,14)15/h1-6H. The topological polar surface area (TPSA) is 25.8 Å². The van der Waals surface area contributed by atoms with Crippen LogP contribution in [0.2, 0.25) is 0 Å². The first kappa shape index (κ1) is 12.0. The van der Waals surface area contributed by atoms with E-state index in [4.69, 9.17) is 0 Å². The summed E-state index contributed by atoms with van der Waals surface area (Å²) in [5, 5.41) is 0. The van der Waals surface area contributed by atoms with Gasteiger partial charge in [0.05, 0.1) is 23.7 Å². The Hall–Kier alpha value is -1.43. The van der Waals surface area contributed by atoms with Crippen LogP contribution in [0, 0.1) is 0 Å². The third-order valence-electron chi connectivity index (χ3n) is 2.13. The number of halogens is 4. The van der Waals surface area contributed by atoms with Crippen LogP contribution in [0.15, 0.2) is 41.3 Å². The molecule has 17 heavy (non-hydrogen) atoms. The average molecular weight is 303 g/mol. The zero-order valence-corrected chi connectivity index (χ0v) is 9.96. The van der Waals surface area contributed by atoms with E-state index in [1.165, 1.54) is 30.6 Å². The van der Waals surface area contributed by atoms with E-state index in [1.807, 2.05) is 0 Å². The molecule has 0 spiro atoms. The second kappa shape index (κ2) is 4.44. The van der Waals surface area contributed by atoms with Crippen molar-refractivity contribution in [3.05, 3.63) is 46.8 Å². The number of aromatic nitrogens is 2. The highest BCUT2D eigenvalue weighted by Crippen LogP contribution is 2.35. The van der Waals surface area contributed by atoms with Gasteiger partial charge in [-0.1, -0.05) is 18.2 Å². The van der Waals surface area contributed by atoms with Crippen LogP contribution < -0.4 is 0 Å². The van der Waals surface area contributed by atoms with Gasteiger partial charge in [-0.15, -0.1) is 0 Å². The molecule has 6 heteroatoms. The highest BCUT2D eigenvalue weighted by atomic mass is 79.9. The Morgan fingerprint density at radius 2 is 1.71 bits per heavy atom. The first-order valence-electron chi connectivity index (χ1n) is 4.62. The van der Waals surface area contributed by atoms with Crippen molar-refractivity contribution in [3.8, 4) is 11.3 Å². The fraction of sp³-hybridized carbons (Fsp3) is 0.0909. The van der Waals surface area contributed by atoms with Crippen LogP contribution in [-0.2, 0) is 6.18 Å². The lowest BCUT2D eigenvalue weighted by Crippen LogP contribution is -2.07. The molecule has 0 aliphatic rings. The molecule has 2 nitrogen and oxygen atoms in total. The quantitative estimate of drug-likeness (QED) is 0.798. The summed E-state index contributed by atoms with van der Waals surface area (Å²) in [6, 6.07) is 5.28. The summed E-state index contributed by atoms with van der Waals surface area (Å²) in [6.07, 6.45) is -1.73. The smallest absolute Gasteiger partial charge is 0.252 e. The zero-order valence-electron chi connectivity index (χ0n) is 8.37. The highest BCUT2D eigenvalue weighted by Gasteiger charge is 2.33. The number of alkyl halides is 3.